The molecule has 0 fully saturated rings. The molecule has 38 heavy (non-hydrogen) atoms. The number of benzene rings is 1. The summed E-state index contributed by atoms with van der Waals surface area (Å²) >= 11 is 0. The van der Waals surface area contributed by atoms with Crippen molar-refractivity contribution in [3.8, 4) is 5.75 Å². The van der Waals surface area contributed by atoms with Gasteiger partial charge in [-0.15, -0.1) is 0 Å². The van der Waals surface area contributed by atoms with E-state index >= 15 is 0 Å². The number of esters is 1. The third-order valence-electron chi connectivity index (χ3n) is 5.36. The van der Waals surface area contributed by atoms with E-state index in [1.165, 1.54) is 13.8 Å². The molecule has 3 N–H and O–H groups in total. The molecule has 0 spiro atoms. The molecule has 1 aliphatic rings. The third kappa shape index (κ3) is 5.71. The van der Waals surface area contributed by atoms with Crippen molar-refractivity contribution in [3.63, 3.8) is 0 Å². The zero-order valence-corrected chi connectivity index (χ0v) is 21.5. The van der Waals surface area contributed by atoms with E-state index in [4.69, 9.17) is 9.47 Å². The summed E-state index contributed by atoms with van der Waals surface area (Å²) in [6.07, 6.45) is 0.864. The maximum absolute atomic E-state index is 14.4. The number of carbonyl (C=O) groups is 4. The van der Waals surface area contributed by atoms with Gasteiger partial charge in [0.15, 0.2) is 18.1 Å². The summed E-state index contributed by atoms with van der Waals surface area (Å²) in [6.45, 7) is 7.97. The Morgan fingerprint density at radius 2 is 1.89 bits per heavy atom. The monoisotopic (exact) mass is 526 g/mol. The number of carbonyl (C=O) groups excluding carboxylic acids is 4. The summed E-state index contributed by atoms with van der Waals surface area (Å²) in [7, 11) is 0. The van der Waals surface area contributed by atoms with Gasteiger partial charge in [0.05, 0.1) is 11.9 Å². The number of anilines is 1. The molecule has 3 heterocycles. The fourth-order valence-corrected chi connectivity index (χ4v) is 3.53. The van der Waals surface area contributed by atoms with Crippen molar-refractivity contribution in [3.05, 3.63) is 53.2 Å². The first-order valence-electron chi connectivity index (χ1n) is 11.7. The van der Waals surface area contributed by atoms with E-state index in [0.29, 0.717) is 17.0 Å². The summed E-state index contributed by atoms with van der Waals surface area (Å²) in [5.74, 6) is -2.79. The lowest BCUT2D eigenvalue weighted by atomic mass is 10.0. The van der Waals surface area contributed by atoms with Crippen molar-refractivity contribution in [1.29, 1.82) is 0 Å². The van der Waals surface area contributed by atoms with E-state index in [0.717, 1.165) is 16.8 Å². The van der Waals surface area contributed by atoms with Gasteiger partial charge in [-0.2, -0.15) is 5.10 Å². The normalized spacial score (nSPS) is 13.3. The van der Waals surface area contributed by atoms with E-state index in [2.05, 4.69) is 26.0 Å². The molecule has 3 aromatic rings. The van der Waals surface area contributed by atoms with Gasteiger partial charge < -0.3 is 25.4 Å². The zero-order valence-electron chi connectivity index (χ0n) is 21.5. The number of rotatable bonds is 6. The number of aromatic nitrogens is 3. The maximum Gasteiger partial charge on any atom is 0.331 e. The summed E-state index contributed by atoms with van der Waals surface area (Å²) < 4.78 is 26.0. The van der Waals surface area contributed by atoms with Gasteiger partial charge in [-0.05, 0) is 52.3 Å². The predicted octanol–water partition coefficient (Wildman–Crippen LogP) is 1.98. The standard InChI is InChI=1S/C25H27FN6O6/c1-24(2,3)38-23(36)25(4,5)31-22(35)17-9-16(30-20-14(26)11-28-32(17)20)21(34)27-10-13-6-7-18-15(8-13)29-19(33)12-37-18/h6-9,11H,10,12H2,1-5H3,(H,27,34)(H,29,33)(H,31,35). The number of ether oxygens (including phenoxy) is 2. The highest BCUT2D eigenvalue weighted by molar-refractivity contribution is 6.00. The van der Waals surface area contributed by atoms with Crippen LogP contribution >= 0.6 is 0 Å². The molecular formula is C25H27FN6O6. The first kappa shape index (κ1) is 26.5. The molecule has 0 radical (unpaired) electrons. The van der Waals surface area contributed by atoms with Crippen molar-refractivity contribution < 1.29 is 33.0 Å². The summed E-state index contributed by atoms with van der Waals surface area (Å²) in [5, 5.41) is 11.7. The molecule has 0 bridgehead atoms. The first-order chi connectivity index (χ1) is 17.7. The third-order valence-corrected chi connectivity index (χ3v) is 5.36. The van der Waals surface area contributed by atoms with Crippen LogP contribution in [0.5, 0.6) is 5.75 Å². The van der Waals surface area contributed by atoms with Crippen molar-refractivity contribution in [2.75, 3.05) is 11.9 Å². The first-order valence-corrected chi connectivity index (χ1v) is 11.7. The largest absolute Gasteiger partial charge is 0.482 e. The minimum atomic E-state index is -1.44. The molecule has 4 rings (SSSR count). The molecule has 0 atom stereocenters. The van der Waals surface area contributed by atoms with E-state index in [1.54, 1.807) is 39.0 Å². The van der Waals surface area contributed by atoms with Crippen LogP contribution in [0.4, 0.5) is 10.1 Å². The van der Waals surface area contributed by atoms with Crippen molar-refractivity contribution in [1.82, 2.24) is 25.2 Å². The highest BCUT2D eigenvalue weighted by Crippen LogP contribution is 2.28. The molecule has 200 valence electrons. The number of hydrogen-bond donors (Lipinski definition) is 3. The number of halogens is 1. The SMILES string of the molecule is CC(C)(C)OC(=O)C(C)(C)NC(=O)c1cc(C(=O)NCc2ccc3c(c2)NC(=O)CO3)nc2c(F)cnn12. The molecule has 0 saturated carbocycles. The average Bonchev–Trinajstić information content (AvgIpc) is 3.20. The lowest BCUT2D eigenvalue weighted by Crippen LogP contribution is -2.52. The summed E-state index contributed by atoms with van der Waals surface area (Å²) in [4.78, 5) is 54.3. The van der Waals surface area contributed by atoms with Crippen molar-refractivity contribution in [2.24, 2.45) is 0 Å². The second-order valence-corrected chi connectivity index (χ2v) is 10.2. The molecule has 1 aromatic carbocycles. The quantitative estimate of drug-likeness (QED) is 0.412. The van der Waals surface area contributed by atoms with Gasteiger partial charge in [0.1, 0.15) is 28.3 Å². The number of nitrogens with zero attached hydrogens (tertiary/aromatic N) is 3. The number of nitrogens with one attached hydrogen (secondary N) is 3. The lowest BCUT2D eigenvalue weighted by Gasteiger charge is -2.29. The topological polar surface area (TPSA) is 153 Å². The van der Waals surface area contributed by atoms with Crippen LogP contribution in [0.3, 0.4) is 0 Å². The predicted molar refractivity (Wildman–Crippen MR) is 132 cm³/mol. The van der Waals surface area contributed by atoms with Crippen LogP contribution in [0, 0.1) is 5.82 Å². The molecule has 0 unspecified atom stereocenters. The fourth-order valence-electron chi connectivity index (χ4n) is 3.53. The van der Waals surface area contributed by atoms with E-state index in [-0.39, 0.29) is 36.1 Å². The van der Waals surface area contributed by atoms with Gasteiger partial charge in [0.25, 0.3) is 17.7 Å². The molecule has 0 aliphatic carbocycles. The number of fused-ring (bicyclic) bond motifs is 2. The Morgan fingerprint density at radius 3 is 2.61 bits per heavy atom. The van der Waals surface area contributed by atoms with E-state index in [9.17, 15) is 23.6 Å². The second kappa shape index (κ2) is 9.72. The minimum Gasteiger partial charge on any atom is -0.482 e. The fraction of sp³-hybridized carbons (Fsp3) is 0.360. The average molecular weight is 527 g/mol. The number of amides is 3. The Hall–Kier alpha value is -4.55. The van der Waals surface area contributed by atoms with Gasteiger partial charge in [-0.25, -0.2) is 18.7 Å². The van der Waals surface area contributed by atoms with Crippen LogP contribution in [-0.4, -0.2) is 56.0 Å². The molecule has 0 saturated heterocycles. The van der Waals surface area contributed by atoms with Crippen molar-refractivity contribution in [2.45, 2.75) is 52.3 Å². The molecule has 2 aromatic heterocycles. The van der Waals surface area contributed by atoms with Crippen LogP contribution in [0.25, 0.3) is 5.65 Å². The minimum absolute atomic E-state index is 0.0454. The smallest absolute Gasteiger partial charge is 0.331 e. The highest BCUT2D eigenvalue weighted by Gasteiger charge is 2.35. The molecule has 3 amide bonds. The van der Waals surface area contributed by atoms with Crippen LogP contribution in [0.2, 0.25) is 0 Å². The van der Waals surface area contributed by atoms with Gasteiger partial charge in [-0.1, -0.05) is 6.07 Å². The van der Waals surface area contributed by atoms with Crippen LogP contribution in [-0.2, 0) is 20.9 Å². The highest BCUT2D eigenvalue weighted by atomic mass is 19.1. The van der Waals surface area contributed by atoms with E-state index < -0.39 is 34.7 Å². The van der Waals surface area contributed by atoms with Gasteiger partial charge in [0, 0.05) is 12.6 Å². The summed E-state index contributed by atoms with van der Waals surface area (Å²) in [5.41, 5.74) is -1.90. The van der Waals surface area contributed by atoms with Crippen LogP contribution in [0.15, 0.2) is 30.5 Å². The Labute approximate surface area is 216 Å². The van der Waals surface area contributed by atoms with E-state index in [1.807, 2.05) is 0 Å². The molecule has 12 nitrogen and oxygen atoms in total. The van der Waals surface area contributed by atoms with Gasteiger partial charge in [0.2, 0.25) is 0 Å². The summed E-state index contributed by atoms with van der Waals surface area (Å²) in [6, 6.07) is 6.17. The van der Waals surface area contributed by atoms with Gasteiger partial charge in [-0.3, -0.25) is 14.4 Å². The van der Waals surface area contributed by atoms with Gasteiger partial charge >= 0.3 is 5.97 Å². The maximum atomic E-state index is 14.4. The molecule has 13 heteroatoms. The Morgan fingerprint density at radius 1 is 1.16 bits per heavy atom. The Kier molecular flexibility index (Phi) is 6.78. The number of hydrogen-bond acceptors (Lipinski definition) is 8. The molecule has 1 aliphatic heterocycles. The van der Waals surface area contributed by atoms with Crippen LogP contribution < -0.4 is 20.7 Å². The van der Waals surface area contributed by atoms with Crippen LogP contribution in [0.1, 0.15) is 61.2 Å². The molecular weight excluding hydrogens is 499 g/mol. The van der Waals surface area contributed by atoms with Crippen molar-refractivity contribution >= 4 is 35.0 Å². The Balaban J connectivity index is 1.55. The Bertz CT molecular complexity index is 1460. The second-order valence-electron chi connectivity index (χ2n) is 10.2. The lowest BCUT2D eigenvalue weighted by molar-refractivity contribution is -0.161. The zero-order chi connectivity index (χ0) is 27.8.